The van der Waals surface area contributed by atoms with Crippen LogP contribution in [0.15, 0.2) is 30.3 Å². The van der Waals surface area contributed by atoms with Gasteiger partial charge < -0.3 is 5.09 Å². The van der Waals surface area contributed by atoms with E-state index in [1.165, 1.54) is 38.5 Å². The van der Waals surface area contributed by atoms with E-state index in [1.54, 1.807) is 0 Å². The highest BCUT2D eigenvalue weighted by Crippen LogP contribution is 2.36. The van der Waals surface area contributed by atoms with Crippen LogP contribution in [0.4, 0.5) is 5.69 Å². The van der Waals surface area contributed by atoms with Crippen LogP contribution in [-0.4, -0.2) is 13.1 Å². The third-order valence-corrected chi connectivity index (χ3v) is 5.70. The first-order chi connectivity index (χ1) is 11.2. The summed E-state index contributed by atoms with van der Waals surface area (Å²) < 4.78 is 13.1. The molecule has 0 fully saturated rings. The molecule has 0 amide bonds. The monoisotopic (exact) mass is 339 g/mol. The summed E-state index contributed by atoms with van der Waals surface area (Å²) in [5.74, 6) is 0. The molecule has 0 aliphatic carbocycles. The average molecular weight is 339 g/mol. The van der Waals surface area contributed by atoms with Crippen molar-refractivity contribution in [2.24, 2.45) is 0 Å². The summed E-state index contributed by atoms with van der Waals surface area (Å²) in [5, 5.41) is 9.63. The van der Waals surface area contributed by atoms with Crippen molar-refractivity contribution in [1.29, 1.82) is 0 Å². The number of para-hydroxylation sites is 1. The number of anilines is 1. The maximum atomic E-state index is 13.1. The van der Waals surface area contributed by atoms with Gasteiger partial charge in [-0.2, -0.15) is 0 Å². The number of hydrogen-bond donors (Lipinski definition) is 3. The van der Waals surface area contributed by atoms with E-state index in [9.17, 15) is 4.57 Å². The zero-order valence-corrected chi connectivity index (χ0v) is 15.7. The van der Waals surface area contributed by atoms with Gasteiger partial charge in [0, 0.05) is 18.8 Å². The summed E-state index contributed by atoms with van der Waals surface area (Å²) in [7, 11) is -2.79. The predicted molar refractivity (Wildman–Crippen MR) is 102 cm³/mol. The first kappa shape index (κ1) is 20.2. The molecule has 5 heteroatoms. The van der Waals surface area contributed by atoms with E-state index in [-0.39, 0.29) is 0 Å². The lowest BCUT2D eigenvalue weighted by Gasteiger charge is -2.22. The predicted octanol–water partition coefficient (Wildman–Crippen LogP) is 5.55. The molecule has 0 saturated heterocycles. The summed E-state index contributed by atoms with van der Waals surface area (Å²) in [6.07, 6.45) is 9.41. The smallest absolute Gasteiger partial charge is 0.303 e. The minimum Gasteiger partial charge on any atom is -0.313 e. The van der Waals surface area contributed by atoms with E-state index in [0.29, 0.717) is 0 Å². The van der Waals surface area contributed by atoms with Gasteiger partial charge in [0.15, 0.2) is 0 Å². The molecule has 0 spiro atoms. The zero-order chi connectivity index (χ0) is 16.8. The molecule has 0 aliphatic rings. The average Bonchev–Trinajstić information content (AvgIpc) is 2.55. The molecule has 0 atom stereocenters. The number of benzene rings is 1. The van der Waals surface area contributed by atoms with E-state index in [4.69, 9.17) is 0 Å². The quantitative estimate of drug-likeness (QED) is 0.307. The van der Waals surface area contributed by atoms with Crippen molar-refractivity contribution in [2.75, 3.05) is 18.2 Å². The van der Waals surface area contributed by atoms with Gasteiger partial charge in [-0.3, -0.25) is 4.57 Å². The maximum absolute atomic E-state index is 13.1. The van der Waals surface area contributed by atoms with Gasteiger partial charge >= 0.3 is 7.59 Å². The lowest BCUT2D eigenvalue weighted by atomic mass is 10.2. The SMILES string of the molecule is CCCCCCNP(=O)(NCCCCCC)Nc1ccccc1. The molecular formula is C18H34N3OP. The molecule has 0 aromatic heterocycles. The second-order valence-electron chi connectivity index (χ2n) is 6.02. The Bertz CT molecular complexity index is 421. The Morgan fingerprint density at radius 3 is 1.78 bits per heavy atom. The highest BCUT2D eigenvalue weighted by molar-refractivity contribution is 7.61. The van der Waals surface area contributed by atoms with Crippen molar-refractivity contribution in [3.63, 3.8) is 0 Å². The fourth-order valence-electron chi connectivity index (χ4n) is 2.41. The van der Waals surface area contributed by atoms with Crippen molar-refractivity contribution in [1.82, 2.24) is 10.2 Å². The molecule has 0 saturated carbocycles. The summed E-state index contributed by atoms with van der Waals surface area (Å²) in [4.78, 5) is 0. The van der Waals surface area contributed by atoms with Crippen molar-refractivity contribution >= 4 is 13.3 Å². The van der Waals surface area contributed by atoms with Gasteiger partial charge in [0.05, 0.1) is 0 Å². The third-order valence-electron chi connectivity index (χ3n) is 3.79. The normalized spacial score (nSPS) is 11.6. The van der Waals surface area contributed by atoms with Crippen LogP contribution in [0.1, 0.15) is 65.2 Å². The standard InChI is InChI=1S/C18H34N3OP/c1-3-5-7-12-16-19-23(22,20-17-13-8-6-4-2)21-18-14-10-9-11-15-18/h9-11,14-15H,3-8,12-13,16-17H2,1-2H3,(H3,19,20,21,22). The van der Waals surface area contributed by atoms with Crippen molar-refractivity contribution in [2.45, 2.75) is 65.2 Å². The number of nitrogens with one attached hydrogen (secondary N) is 3. The van der Waals surface area contributed by atoms with Gasteiger partial charge in [-0.05, 0) is 25.0 Å². The van der Waals surface area contributed by atoms with Crippen LogP contribution in [0.3, 0.4) is 0 Å². The van der Waals surface area contributed by atoms with E-state index < -0.39 is 7.59 Å². The second-order valence-corrected chi connectivity index (χ2v) is 8.10. The van der Waals surface area contributed by atoms with Gasteiger partial charge in [-0.15, -0.1) is 0 Å². The van der Waals surface area contributed by atoms with Gasteiger partial charge in [0.25, 0.3) is 0 Å². The highest BCUT2D eigenvalue weighted by Gasteiger charge is 2.20. The lowest BCUT2D eigenvalue weighted by molar-refractivity contribution is 0.547. The fraction of sp³-hybridized carbons (Fsp3) is 0.667. The van der Waals surface area contributed by atoms with Crippen LogP contribution in [0, 0.1) is 0 Å². The van der Waals surface area contributed by atoms with Crippen LogP contribution in [0.2, 0.25) is 0 Å². The Morgan fingerprint density at radius 1 is 0.783 bits per heavy atom. The topological polar surface area (TPSA) is 53.2 Å². The molecule has 132 valence electrons. The second kappa shape index (κ2) is 12.6. The molecule has 0 unspecified atom stereocenters. The molecule has 23 heavy (non-hydrogen) atoms. The van der Waals surface area contributed by atoms with Crippen LogP contribution in [0.5, 0.6) is 0 Å². The molecule has 0 aliphatic heterocycles. The zero-order valence-electron chi connectivity index (χ0n) is 14.8. The first-order valence-electron chi connectivity index (χ1n) is 9.14. The van der Waals surface area contributed by atoms with Crippen LogP contribution < -0.4 is 15.3 Å². The molecular weight excluding hydrogens is 305 g/mol. The number of hydrogen-bond acceptors (Lipinski definition) is 1. The molecule has 4 nitrogen and oxygen atoms in total. The van der Waals surface area contributed by atoms with Crippen molar-refractivity contribution in [3.05, 3.63) is 30.3 Å². The Hall–Kier alpha value is -0.830. The van der Waals surface area contributed by atoms with Crippen LogP contribution in [-0.2, 0) is 4.57 Å². The molecule has 0 bridgehead atoms. The largest absolute Gasteiger partial charge is 0.313 e. The summed E-state index contributed by atoms with van der Waals surface area (Å²) in [6.45, 7) is 5.96. The van der Waals surface area contributed by atoms with Gasteiger partial charge in [0.1, 0.15) is 0 Å². The van der Waals surface area contributed by atoms with Gasteiger partial charge in [0.2, 0.25) is 0 Å². The minimum atomic E-state index is -2.79. The van der Waals surface area contributed by atoms with Gasteiger partial charge in [-0.25, -0.2) is 10.2 Å². The molecule has 3 N–H and O–H groups in total. The fourth-order valence-corrected chi connectivity index (χ4v) is 4.13. The molecule has 1 aromatic carbocycles. The van der Waals surface area contributed by atoms with Crippen LogP contribution >= 0.6 is 7.59 Å². The third kappa shape index (κ3) is 9.80. The highest BCUT2D eigenvalue weighted by atomic mass is 31.2. The summed E-state index contributed by atoms with van der Waals surface area (Å²) in [6, 6.07) is 9.77. The summed E-state index contributed by atoms with van der Waals surface area (Å²) >= 11 is 0. The van der Waals surface area contributed by atoms with Gasteiger partial charge in [-0.1, -0.05) is 70.6 Å². The Kier molecular flexibility index (Phi) is 11.1. The van der Waals surface area contributed by atoms with Crippen LogP contribution in [0.25, 0.3) is 0 Å². The summed E-state index contributed by atoms with van der Waals surface area (Å²) in [5.41, 5.74) is 0.887. The molecule has 1 aromatic rings. The van der Waals surface area contributed by atoms with Crippen molar-refractivity contribution in [3.8, 4) is 0 Å². The Labute approximate surface area is 142 Å². The first-order valence-corrected chi connectivity index (χ1v) is 10.8. The number of unbranched alkanes of at least 4 members (excludes halogenated alkanes) is 6. The lowest BCUT2D eigenvalue weighted by Crippen LogP contribution is -2.28. The van der Waals surface area contributed by atoms with E-state index in [0.717, 1.165) is 31.6 Å². The van der Waals surface area contributed by atoms with E-state index >= 15 is 0 Å². The molecule has 0 radical (unpaired) electrons. The number of rotatable bonds is 14. The molecule has 1 rings (SSSR count). The Balaban J connectivity index is 2.47. The Morgan fingerprint density at radius 2 is 1.30 bits per heavy atom. The minimum absolute atomic E-state index is 0.777. The van der Waals surface area contributed by atoms with E-state index in [2.05, 4.69) is 29.1 Å². The molecule has 0 heterocycles. The van der Waals surface area contributed by atoms with Crippen molar-refractivity contribution < 1.29 is 4.57 Å². The maximum Gasteiger partial charge on any atom is 0.303 e. The van der Waals surface area contributed by atoms with E-state index in [1.807, 2.05) is 30.3 Å².